The van der Waals surface area contributed by atoms with Gasteiger partial charge < -0.3 is 9.80 Å². The van der Waals surface area contributed by atoms with Crippen LogP contribution in [0.25, 0.3) is 22.3 Å². The summed E-state index contributed by atoms with van der Waals surface area (Å²) >= 11 is 0. The molecule has 0 atom stereocenters. The summed E-state index contributed by atoms with van der Waals surface area (Å²) in [5, 5.41) is 0. The summed E-state index contributed by atoms with van der Waals surface area (Å²) < 4.78 is 0. The van der Waals surface area contributed by atoms with Crippen LogP contribution in [0.5, 0.6) is 0 Å². The van der Waals surface area contributed by atoms with E-state index < -0.39 is 0 Å². The molecule has 0 saturated carbocycles. The van der Waals surface area contributed by atoms with Crippen molar-refractivity contribution >= 4 is 28.4 Å². The van der Waals surface area contributed by atoms with E-state index in [0.29, 0.717) is 0 Å². The van der Waals surface area contributed by atoms with Gasteiger partial charge in [-0.2, -0.15) is 0 Å². The average molecular weight is 543 g/mol. The molecule has 0 unspecified atom stereocenters. The van der Waals surface area contributed by atoms with E-state index in [1.165, 1.54) is 50.4 Å². The fourth-order valence-electron chi connectivity index (χ4n) is 6.32. The molecule has 6 aromatic carbocycles. The third-order valence-electron chi connectivity index (χ3n) is 8.68. The van der Waals surface area contributed by atoms with Gasteiger partial charge in [-0.05, 0) is 94.0 Å². The lowest BCUT2D eigenvalue weighted by molar-refractivity contribution is 0.660. The highest BCUT2D eigenvalue weighted by molar-refractivity contribution is 5.87. The van der Waals surface area contributed by atoms with E-state index in [1.54, 1.807) is 0 Å². The number of rotatable bonds is 6. The first kappa shape index (κ1) is 25.9. The SMILES string of the molecule is CN(c1ccc(-c2ccccc2)cc1)c1ccc2c(c1)C(C)(C)c1cc(N(c3ccccc3)c3ccccc3)ccc1-2. The fourth-order valence-corrected chi connectivity index (χ4v) is 6.32. The summed E-state index contributed by atoms with van der Waals surface area (Å²) in [5.41, 5.74) is 13.5. The highest BCUT2D eigenvalue weighted by Gasteiger charge is 2.36. The van der Waals surface area contributed by atoms with Gasteiger partial charge in [0.1, 0.15) is 0 Å². The van der Waals surface area contributed by atoms with E-state index in [2.05, 4.69) is 182 Å². The lowest BCUT2D eigenvalue weighted by Crippen LogP contribution is -2.17. The second-order valence-corrected chi connectivity index (χ2v) is 11.6. The maximum atomic E-state index is 2.39. The average Bonchev–Trinajstić information content (AvgIpc) is 3.27. The number of hydrogen-bond acceptors (Lipinski definition) is 2. The highest BCUT2D eigenvalue weighted by atomic mass is 15.1. The van der Waals surface area contributed by atoms with Crippen LogP contribution in [0.1, 0.15) is 25.0 Å². The number of hydrogen-bond donors (Lipinski definition) is 0. The predicted molar refractivity (Wildman–Crippen MR) is 179 cm³/mol. The monoisotopic (exact) mass is 542 g/mol. The van der Waals surface area contributed by atoms with Crippen LogP contribution in [0.2, 0.25) is 0 Å². The molecule has 42 heavy (non-hydrogen) atoms. The molecule has 0 saturated heterocycles. The van der Waals surface area contributed by atoms with Crippen LogP contribution in [-0.4, -0.2) is 7.05 Å². The van der Waals surface area contributed by atoms with Crippen molar-refractivity contribution in [3.63, 3.8) is 0 Å². The van der Waals surface area contributed by atoms with Gasteiger partial charge in [0.15, 0.2) is 0 Å². The van der Waals surface area contributed by atoms with E-state index in [9.17, 15) is 0 Å². The Morgan fingerprint density at radius 2 is 0.833 bits per heavy atom. The Morgan fingerprint density at radius 1 is 0.405 bits per heavy atom. The topological polar surface area (TPSA) is 6.48 Å². The first-order valence-electron chi connectivity index (χ1n) is 14.6. The summed E-state index contributed by atoms with van der Waals surface area (Å²) in [6, 6.07) is 54.5. The van der Waals surface area contributed by atoms with Crippen molar-refractivity contribution in [1.82, 2.24) is 0 Å². The maximum Gasteiger partial charge on any atom is 0.0465 e. The van der Waals surface area contributed by atoms with Gasteiger partial charge in [-0.1, -0.05) is 105 Å². The molecule has 2 heteroatoms. The van der Waals surface area contributed by atoms with Crippen molar-refractivity contribution in [2.45, 2.75) is 19.3 Å². The number of benzene rings is 6. The molecule has 2 nitrogen and oxygen atoms in total. The molecule has 1 aliphatic carbocycles. The Labute approximate surface area is 249 Å². The first-order chi connectivity index (χ1) is 20.5. The molecule has 0 N–H and O–H groups in total. The lowest BCUT2D eigenvalue weighted by atomic mass is 9.82. The molecule has 7 rings (SSSR count). The maximum absolute atomic E-state index is 2.39. The van der Waals surface area contributed by atoms with E-state index in [0.717, 1.165) is 11.4 Å². The summed E-state index contributed by atoms with van der Waals surface area (Å²) in [4.78, 5) is 4.63. The molecule has 0 aliphatic heterocycles. The molecule has 0 fully saturated rings. The first-order valence-corrected chi connectivity index (χ1v) is 14.6. The van der Waals surface area contributed by atoms with Crippen molar-refractivity contribution in [3.05, 3.63) is 163 Å². The van der Waals surface area contributed by atoms with E-state index in [-0.39, 0.29) is 5.41 Å². The summed E-state index contributed by atoms with van der Waals surface area (Å²) in [5.74, 6) is 0. The van der Waals surface area contributed by atoms with Crippen LogP contribution in [0.3, 0.4) is 0 Å². The summed E-state index contributed by atoms with van der Waals surface area (Å²) in [6.45, 7) is 4.71. The Hall–Kier alpha value is -5.08. The van der Waals surface area contributed by atoms with Gasteiger partial charge in [0, 0.05) is 40.9 Å². The van der Waals surface area contributed by atoms with Gasteiger partial charge >= 0.3 is 0 Å². The van der Waals surface area contributed by atoms with Crippen LogP contribution < -0.4 is 9.80 Å². The van der Waals surface area contributed by atoms with Crippen LogP contribution in [-0.2, 0) is 5.41 Å². The number of anilines is 5. The number of nitrogens with zero attached hydrogens (tertiary/aromatic N) is 2. The van der Waals surface area contributed by atoms with Gasteiger partial charge in [-0.25, -0.2) is 0 Å². The molecule has 0 spiro atoms. The number of fused-ring (bicyclic) bond motifs is 3. The van der Waals surface area contributed by atoms with Crippen LogP contribution in [0.15, 0.2) is 152 Å². The van der Waals surface area contributed by atoms with Gasteiger partial charge in [0.2, 0.25) is 0 Å². The predicted octanol–water partition coefficient (Wildman–Crippen LogP) is 10.9. The summed E-state index contributed by atoms with van der Waals surface area (Å²) in [7, 11) is 2.16. The zero-order valence-corrected chi connectivity index (χ0v) is 24.3. The van der Waals surface area contributed by atoms with Crippen molar-refractivity contribution in [2.75, 3.05) is 16.8 Å². The van der Waals surface area contributed by atoms with Gasteiger partial charge in [0.25, 0.3) is 0 Å². The van der Waals surface area contributed by atoms with Crippen molar-refractivity contribution in [2.24, 2.45) is 0 Å². The van der Waals surface area contributed by atoms with Crippen LogP contribution in [0.4, 0.5) is 28.4 Å². The Balaban J connectivity index is 1.23. The minimum atomic E-state index is -0.131. The Morgan fingerprint density at radius 3 is 1.38 bits per heavy atom. The van der Waals surface area contributed by atoms with E-state index in [4.69, 9.17) is 0 Å². The van der Waals surface area contributed by atoms with E-state index >= 15 is 0 Å². The van der Waals surface area contributed by atoms with Gasteiger partial charge in [0.05, 0.1) is 0 Å². The fraction of sp³-hybridized carbons (Fsp3) is 0.100. The minimum absolute atomic E-state index is 0.131. The quantitative estimate of drug-likeness (QED) is 0.206. The normalized spacial score (nSPS) is 12.8. The van der Waals surface area contributed by atoms with Crippen molar-refractivity contribution < 1.29 is 0 Å². The molecule has 0 amide bonds. The zero-order chi connectivity index (χ0) is 28.7. The second-order valence-electron chi connectivity index (χ2n) is 11.6. The molecule has 204 valence electrons. The highest BCUT2D eigenvalue weighted by Crippen LogP contribution is 2.51. The second kappa shape index (κ2) is 10.4. The molecule has 0 aromatic heterocycles. The Kier molecular flexibility index (Phi) is 6.40. The molecule has 0 radical (unpaired) electrons. The standard InChI is InChI=1S/C40H34N2/c1-40(2)38-27-34(41(3)31-21-19-30(20-22-31)29-13-7-4-8-14-29)23-25-36(38)37-26-24-35(28-39(37)40)42(32-15-9-5-10-16-32)33-17-11-6-12-18-33/h4-28H,1-3H3. The van der Waals surface area contributed by atoms with Gasteiger partial charge in [-0.3, -0.25) is 0 Å². The molecule has 1 aliphatic rings. The molecule has 6 aromatic rings. The van der Waals surface area contributed by atoms with Crippen LogP contribution >= 0.6 is 0 Å². The van der Waals surface area contributed by atoms with Crippen molar-refractivity contribution in [1.29, 1.82) is 0 Å². The molecular formula is C40H34N2. The van der Waals surface area contributed by atoms with Crippen LogP contribution in [0, 0.1) is 0 Å². The number of para-hydroxylation sites is 2. The van der Waals surface area contributed by atoms with Gasteiger partial charge in [-0.15, -0.1) is 0 Å². The third kappa shape index (κ3) is 4.46. The third-order valence-corrected chi connectivity index (χ3v) is 8.68. The lowest BCUT2D eigenvalue weighted by Gasteiger charge is -2.28. The summed E-state index contributed by atoms with van der Waals surface area (Å²) in [6.07, 6.45) is 0. The minimum Gasteiger partial charge on any atom is -0.345 e. The Bertz CT molecular complexity index is 1800. The zero-order valence-electron chi connectivity index (χ0n) is 24.3. The molecule has 0 bridgehead atoms. The molecule has 0 heterocycles. The van der Waals surface area contributed by atoms with E-state index in [1.807, 2.05) is 0 Å². The smallest absolute Gasteiger partial charge is 0.0465 e. The largest absolute Gasteiger partial charge is 0.345 e. The van der Waals surface area contributed by atoms with Crippen molar-refractivity contribution in [3.8, 4) is 22.3 Å². The molecular weight excluding hydrogens is 508 g/mol.